The van der Waals surface area contributed by atoms with E-state index in [1.54, 1.807) is 0 Å². The van der Waals surface area contributed by atoms with E-state index in [-0.39, 0.29) is 12.0 Å². The van der Waals surface area contributed by atoms with E-state index in [2.05, 4.69) is 10.3 Å². The molecule has 1 rings (SSSR count). The number of hydrogen-bond acceptors (Lipinski definition) is 3. The van der Waals surface area contributed by atoms with Crippen molar-refractivity contribution in [3.63, 3.8) is 0 Å². The first-order chi connectivity index (χ1) is 9.87. The summed E-state index contributed by atoms with van der Waals surface area (Å²) in [7, 11) is 1.33. The van der Waals surface area contributed by atoms with E-state index in [0.29, 0.717) is 6.42 Å². The summed E-state index contributed by atoms with van der Waals surface area (Å²) >= 11 is 0. The van der Waals surface area contributed by atoms with Gasteiger partial charge in [0.25, 0.3) is 0 Å². The Hall–Kier alpha value is -1.57. The average Bonchev–Trinajstić information content (AvgIpc) is 2.72. The third-order valence-corrected chi connectivity index (χ3v) is 3.27. The number of imidazole rings is 1. The summed E-state index contributed by atoms with van der Waals surface area (Å²) in [6, 6.07) is 0. The Labute approximate surface area is 127 Å². The molecule has 0 saturated carbocycles. The molecule has 1 atom stereocenters. The zero-order valence-electron chi connectivity index (χ0n) is 13.2. The minimum absolute atomic E-state index is 0.0483. The summed E-state index contributed by atoms with van der Waals surface area (Å²) in [5.74, 6) is -1.47. The monoisotopic (exact) mass is 321 g/mol. The van der Waals surface area contributed by atoms with Gasteiger partial charge in [-0.3, -0.25) is 4.79 Å². The van der Waals surface area contributed by atoms with Crippen molar-refractivity contribution in [2.24, 2.45) is 12.5 Å². The molecule has 126 valence electrons. The molecule has 1 heterocycles. The Morgan fingerprint density at radius 3 is 2.36 bits per heavy atom. The third-order valence-electron chi connectivity index (χ3n) is 3.27. The van der Waals surface area contributed by atoms with Crippen LogP contribution >= 0.6 is 0 Å². The largest absolute Gasteiger partial charge is 0.425 e. The first kappa shape index (κ1) is 18.5. The van der Waals surface area contributed by atoms with E-state index in [4.69, 9.17) is 0 Å². The van der Waals surface area contributed by atoms with Crippen molar-refractivity contribution in [2.45, 2.75) is 45.4 Å². The number of aliphatic hydroxyl groups is 1. The van der Waals surface area contributed by atoms with Crippen LogP contribution in [0.25, 0.3) is 0 Å². The molecule has 0 aliphatic heterocycles. The minimum Gasteiger partial charge on any atom is -0.374 e. The van der Waals surface area contributed by atoms with E-state index in [9.17, 15) is 23.1 Å². The molecule has 22 heavy (non-hydrogen) atoms. The highest BCUT2D eigenvalue weighted by atomic mass is 19.4. The summed E-state index contributed by atoms with van der Waals surface area (Å²) in [6.07, 6.45) is -3.09. The summed E-state index contributed by atoms with van der Waals surface area (Å²) in [5.41, 5.74) is -3.36. The quantitative estimate of drug-likeness (QED) is 0.873. The number of hydrogen-bond donors (Lipinski definition) is 2. The highest BCUT2D eigenvalue weighted by Gasteiger charge is 2.58. The number of alkyl halides is 3. The van der Waals surface area contributed by atoms with Crippen molar-refractivity contribution in [1.29, 1.82) is 0 Å². The van der Waals surface area contributed by atoms with Gasteiger partial charge < -0.3 is 15.0 Å². The second-order valence-electron chi connectivity index (χ2n) is 6.56. The van der Waals surface area contributed by atoms with Crippen LogP contribution < -0.4 is 5.32 Å². The molecule has 2 N–H and O–H groups in total. The number of amides is 1. The summed E-state index contributed by atoms with van der Waals surface area (Å²) < 4.78 is 40.8. The topological polar surface area (TPSA) is 67.1 Å². The van der Waals surface area contributed by atoms with Gasteiger partial charge in [-0.25, -0.2) is 4.98 Å². The van der Waals surface area contributed by atoms with Crippen LogP contribution in [0.5, 0.6) is 0 Å². The molecular weight excluding hydrogens is 299 g/mol. The fourth-order valence-electron chi connectivity index (χ4n) is 1.94. The average molecular weight is 321 g/mol. The Bertz CT molecular complexity index is 520. The van der Waals surface area contributed by atoms with Crippen molar-refractivity contribution in [3.8, 4) is 0 Å². The Morgan fingerprint density at radius 1 is 1.36 bits per heavy atom. The van der Waals surface area contributed by atoms with Crippen LogP contribution in [0.3, 0.4) is 0 Å². The highest BCUT2D eigenvalue weighted by Crippen LogP contribution is 2.40. The van der Waals surface area contributed by atoms with Crippen molar-refractivity contribution in [3.05, 3.63) is 18.2 Å². The molecule has 0 bridgehead atoms. The van der Waals surface area contributed by atoms with Crippen LogP contribution in [-0.2, 0) is 17.4 Å². The molecule has 8 heteroatoms. The standard InChI is InChI=1S/C14H22F3N3O2/c1-12(2,3)5-6-18-10(21)9-13(22,14(15,16)17)11-19-7-8-20(11)4/h7-8,22H,5-6,9H2,1-4H3,(H,18,21). The molecular formula is C14H22F3N3O2. The van der Waals surface area contributed by atoms with Crippen LogP contribution in [0, 0.1) is 5.41 Å². The van der Waals surface area contributed by atoms with E-state index >= 15 is 0 Å². The van der Waals surface area contributed by atoms with Gasteiger partial charge in [0.1, 0.15) is 0 Å². The molecule has 0 radical (unpaired) electrons. The number of nitrogens with zero attached hydrogens (tertiary/aromatic N) is 2. The lowest BCUT2D eigenvalue weighted by molar-refractivity contribution is -0.271. The Kier molecular flexibility index (Phi) is 5.27. The van der Waals surface area contributed by atoms with Gasteiger partial charge in [-0.15, -0.1) is 0 Å². The van der Waals surface area contributed by atoms with E-state index in [1.165, 1.54) is 13.2 Å². The molecule has 1 amide bonds. The maximum Gasteiger partial charge on any atom is 0.425 e. The first-order valence-corrected chi connectivity index (χ1v) is 6.90. The molecule has 1 aromatic heterocycles. The smallest absolute Gasteiger partial charge is 0.374 e. The molecule has 0 spiro atoms. The highest BCUT2D eigenvalue weighted by molar-refractivity contribution is 5.77. The van der Waals surface area contributed by atoms with Gasteiger partial charge in [-0.1, -0.05) is 20.8 Å². The molecule has 0 aliphatic carbocycles. The van der Waals surface area contributed by atoms with Gasteiger partial charge >= 0.3 is 6.18 Å². The van der Waals surface area contributed by atoms with Crippen molar-refractivity contribution in [2.75, 3.05) is 6.54 Å². The maximum absolute atomic E-state index is 13.2. The van der Waals surface area contributed by atoms with Gasteiger partial charge in [-0.2, -0.15) is 13.2 Å². The van der Waals surface area contributed by atoms with Crippen LogP contribution in [0.4, 0.5) is 13.2 Å². The lowest BCUT2D eigenvalue weighted by atomic mass is 9.92. The minimum atomic E-state index is -5.01. The summed E-state index contributed by atoms with van der Waals surface area (Å²) in [4.78, 5) is 15.3. The summed E-state index contributed by atoms with van der Waals surface area (Å²) in [6.45, 7) is 6.12. The van der Waals surface area contributed by atoms with Crippen LogP contribution in [-0.4, -0.2) is 33.3 Å². The SMILES string of the molecule is Cn1ccnc1C(O)(CC(=O)NCCC(C)(C)C)C(F)(F)F. The Morgan fingerprint density at radius 2 is 1.95 bits per heavy atom. The molecule has 1 aromatic rings. The van der Waals surface area contributed by atoms with E-state index in [1.807, 2.05) is 20.8 Å². The van der Waals surface area contributed by atoms with Crippen molar-refractivity contribution >= 4 is 5.91 Å². The molecule has 0 fully saturated rings. The zero-order valence-corrected chi connectivity index (χ0v) is 13.2. The van der Waals surface area contributed by atoms with Crippen LogP contribution in [0.2, 0.25) is 0 Å². The van der Waals surface area contributed by atoms with Crippen LogP contribution in [0.15, 0.2) is 12.4 Å². The first-order valence-electron chi connectivity index (χ1n) is 6.90. The lowest BCUT2D eigenvalue weighted by Crippen LogP contribution is -2.48. The van der Waals surface area contributed by atoms with Gasteiger partial charge in [0.15, 0.2) is 5.82 Å². The lowest BCUT2D eigenvalue weighted by Gasteiger charge is -2.29. The number of halogens is 3. The maximum atomic E-state index is 13.2. The molecule has 0 aliphatic rings. The number of carbonyl (C=O) groups excluding carboxylic acids is 1. The predicted molar refractivity (Wildman–Crippen MR) is 74.9 cm³/mol. The number of rotatable bonds is 5. The predicted octanol–water partition coefficient (Wildman–Crippen LogP) is 2.11. The van der Waals surface area contributed by atoms with Crippen LogP contribution in [0.1, 0.15) is 39.4 Å². The van der Waals surface area contributed by atoms with Gasteiger partial charge in [0.05, 0.1) is 6.42 Å². The van der Waals surface area contributed by atoms with Crippen molar-refractivity contribution in [1.82, 2.24) is 14.9 Å². The second-order valence-corrected chi connectivity index (χ2v) is 6.56. The molecule has 1 unspecified atom stereocenters. The third kappa shape index (κ3) is 4.46. The normalized spacial score (nSPS) is 15.5. The van der Waals surface area contributed by atoms with Gasteiger partial charge in [0.2, 0.25) is 11.5 Å². The number of aromatic nitrogens is 2. The van der Waals surface area contributed by atoms with Gasteiger partial charge in [-0.05, 0) is 11.8 Å². The zero-order chi connectivity index (χ0) is 17.2. The van der Waals surface area contributed by atoms with E-state index in [0.717, 1.165) is 10.8 Å². The van der Waals surface area contributed by atoms with E-state index < -0.39 is 29.9 Å². The van der Waals surface area contributed by atoms with Crippen molar-refractivity contribution < 1.29 is 23.1 Å². The summed E-state index contributed by atoms with van der Waals surface area (Å²) in [5, 5.41) is 12.5. The molecule has 0 aromatic carbocycles. The fourth-order valence-corrected chi connectivity index (χ4v) is 1.94. The fraction of sp³-hybridized carbons (Fsp3) is 0.714. The Balaban J connectivity index is 2.84. The number of aryl methyl sites for hydroxylation is 1. The number of carbonyl (C=O) groups is 1. The van der Waals surface area contributed by atoms with Gasteiger partial charge in [0, 0.05) is 26.0 Å². The number of nitrogens with one attached hydrogen (secondary N) is 1. The molecule has 5 nitrogen and oxygen atoms in total. The second kappa shape index (κ2) is 6.28. The molecule has 0 saturated heterocycles.